The predicted octanol–water partition coefficient (Wildman–Crippen LogP) is 4.89. The number of aryl methyl sites for hydroxylation is 4. The van der Waals surface area contributed by atoms with Gasteiger partial charge in [0.15, 0.2) is 0 Å². The highest BCUT2D eigenvalue weighted by Gasteiger charge is 2.25. The van der Waals surface area contributed by atoms with Gasteiger partial charge in [0.25, 0.3) is 0 Å². The molecule has 24 heavy (non-hydrogen) atoms. The molecular formula is C21H24N2O. The normalized spacial score (nSPS) is 14.1. The molecule has 2 aromatic carbocycles. The molecule has 0 atom stereocenters. The fourth-order valence-electron chi connectivity index (χ4n) is 4.23. The molecule has 3 heteroatoms. The maximum absolute atomic E-state index is 5.54. The number of anilines is 2. The van der Waals surface area contributed by atoms with Crippen LogP contribution in [0.5, 0.6) is 5.75 Å². The highest BCUT2D eigenvalue weighted by atomic mass is 16.5. The number of fused-ring (bicyclic) bond motifs is 3. The summed E-state index contributed by atoms with van der Waals surface area (Å²) in [5.41, 5.74) is 6.44. The zero-order valence-corrected chi connectivity index (χ0v) is 14.9. The minimum Gasteiger partial charge on any atom is -0.496 e. The Kier molecular flexibility index (Phi) is 3.52. The molecule has 0 radical (unpaired) electrons. The third kappa shape index (κ3) is 2.11. The maximum Gasteiger partial charge on any atom is 0.124 e. The Labute approximate surface area is 143 Å². The Hall–Kier alpha value is -2.42. The number of hydrogen-bond acceptors (Lipinski definition) is 2. The summed E-state index contributed by atoms with van der Waals surface area (Å²) in [7, 11) is 3.93. The van der Waals surface area contributed by atoms with Gasteiger partial charge in [-0.2, -0.15) is 0 Å². The Balaban J connectivity index is 1.92. The molecular weight excluding hydrogens is 296 g/mol. The lowest BCUT2D eigenvalue weighted by molar-refractivity contribution is 0.408. The summed E-state index contributed by atoms with van der Waals surface area (Å²) in [6.45, 7) is 5.31. The summed E-state index contributed by atoms with van der Waals surface area (Å²) in [6.07, 6.45) is 2.34. The minimum atomic E-state index is 0.994. The quantitative estimate of drug-likeness (QED) is 0.669. The molecule has 3 nitrogen and oxygen atoms in total. The van der Waals surface area contributed by atoms with Crippen LogP contribution in [-0.2, 0) is 13.5 Å². The van der Waals surface area contributed by atoms with Crippen LogP contribution in [0.1, 0.15) is 23.1 Å². The van der Waals surface area contributed by atoms with E-state index in [2.05, 4.69) is 66.8 Å². The Morgan fingerprint density at radius 3 is 2.46 bits per heavy atom. The van der Waals surface area contributed by atoms with Gasteiger partial charge < -0.3 is 14.2 Å². The van der Waals surface area contributed by atoms with E-state index in [1.807, 2.05) is 0 Å². The zero-order chi connectivity index (χ0) is 16.8. The van der Waals surface area contributed by atoms with Crippen molar-refractivity contribution in [2.45, 2.75) is 26.7 Å². The van der Waals surface area contributed by atoms with Crippen LogP contribution in [0.3, 0.4) is 0 Å². The van der Waals surface area contributed by atoms with E-state index in [0.29, 0.717) is 0 Å². The van der Waals surface area contributed by atoms with Gasteiger partial charge >= 0.3 is 0 Å². The first-order valence-electron chi connectivity index (χ1n) is 8.61. The molecule has 0 aliphatic carbocycles. The third-order valence-corrected chi connectivity index (χ3v) is 5.20. The molecule has 0 N–H and O–H groups in total. The first kappa shape index (κ1) is 15.1. The van der Waals surface area contributed by atoms with Gasteiger partial charge in [0.05, 0.1) is 7.11 Å². The number of benzene rings is 2. The topological polar surface area (TPSA) is 17.4 Å². The summed E-state index contributed by atoms with van der Waals surface area (Å²) in [5, 5.41) is 1.39. The van der Waals surface area contributed by atoms with Gasteiger partial charge in [-0.15, -0.1) is 0 Å². The second-order valence-corrected chi connectivity index (χ2v) is 6.75. The first-order valence-corrected chi connectivity index (χ1v) is 8.61. The van der Waals surface area contributed by atoms with Gasteiger partial charge in [-0.05, 0) is 56.0 Å². The summed E-state index contributed by atoms with van der Waals surface area (Å²) in [4.78, 5) is 2.47. The second-order valence-electron chi connectivity index (χ2n) is 6.75. The number of hydrogen-bond donors (Lipinski definition) is 0. The van der Waals surface area contributed by atoms with Crippen LogP contribution in [0.4, 0.5) is 11.5 Å². The van der Waals surface area contributed by atoms with Crippen LogP contribution in [0.2, 0.25) is 0 Å². The number of nitrogens with zero attached hydrogens (tertiary/aromatic N) is 2. The second kappa shape index (κ2) is 5.59. The molecule has 0 fully saturated rings. The van der Waals surface area contributed by atoms with Crippen molar-refractivity contribution in [2.24, 2.45) is 7.05 Å². The predicted molar refractivity (Wildman–Crippen MR) is 101 cm³/mol. The average molecular weight is 320 g/mol. The standard InChI is InChI=1S/C21H24N2O/c1-14-12-16(13-15(2)20(14)24-4)23-11-7-9-18-17-8-5-6-10-19(17)22(3)21(18)23/h5-6,8,10,12-13H,7,9,11H2,1-4H3. The number of rotatable bonds is 2. The molecule has 0 amide bonds. The number of para-hydroxylation sites is 1. The van der Waals surface area contributed by atoms with Gasteiger partial charge in [-0.3, -0.25) is 0 Å². The third-order valence-electron chi connectivity index (χ3n) is 5.20. The summed E-state index contributed by atoms with van der Waals surface area (Å²) in [6, 6.07) is 13.2. The van der Waals surface area contributed by atoms with E-state index < -0.39 is 0 Å². The maximum atomic E-state index is 5.54. The van der Waals surface area contributed by atoms with Crippen molar-refractivity contribution in [1.29, 1.82) is 0 Å². The van der Waals surface area contributed by atoms with Crippen molar-refractivity contribution in [3.8, 4) is 5.75 Å². The molecule has 0 saturated heterocycles. The van der Waals surface area contributed by atoms with Gasteiger partial charge in [-0.25, -0.2) is 0 Å². The minimum absolute atomic E-state index is 0.994. The van der Waals surface area contributed by atoms with E-state index in [1.165, 1.54) is 45.5 Å². The van der Waals surface area contributed by atoms with Gasteiger partial charge in [0, 0.05) is 35.7 Å². The van der Waals surface area contributed by atoms with E-state index in [4.69, 9.17) is 4.74 Å². The Morgan fingerprint density at radius 2 is 1.75 bits per heavy atom. The lowest BCUT2D eigenvalue weighted by Crippen LogP contribution is -2.26. The number of methoxy groups -OCH3 is 1. The van der Waals surface area contributed by atoms with Crippen LogP contribution in [0.15, 0.2) is 36.4 Å². The van der Waals surface area contributed by atoms with E-state index in [9.17, 15) is 0 Å². The Bertz CT molecular complexity index is 900. The lowest BCUT2D eigenvalue weighted by Gasteiger charge is -2.31. The molecule has 1 aliphatic rings. The van der Waals surface area contributed by atoms with Crippen molar-refractivity contribution >= 4 is 22.4 Å². The van der Waals surface area contributed by atoms with Crippen LogP contribution in [-0.4, -0.2) is 18.2 Å². The molecule has 0 saturated carbocycles. The molecule has 0 bridgehead atoms. The van der Waals surface area contributed by atoms with Crippen molar-refractivity contribution < 1.29 is 4.74 Å². The molecule has 1 aliphatic heterocycles. The fourth-order valence-corrected chi connectivity index (χ4v) is 4.23. The van der Waals surface area contributed by atoms with Crippen LogP contribution >= 0.6 is 0 Å². The van der Waals surface area contributed by atoms with Crippen molar-refractivity contribution in [1.82, 2.24) is 4.57 Å². The molecule has 2 heterocycles. The van der Waals surface area contributed by atoms with Crippen molar-refractivity contribution in [2.75, 3.05) is 18.6 Å². The molecule has 1 aromatic heterocycles. The summed E-state index contributed by atoms with van der Waals surface area (Å²) in [5.74, 6) is 2.33. The van der Waals surface area contributed by atoms with Gasteiger partial charge in [-0.1, -0.05) is 18.2 Å². The SMILES string of the molecule is COc1c(C)cc(N2CCCc3c2n(C)c2ccccc32)cc1C. The Morgan fingerprint density at radius 1 is 1.04 bits per heavy atom. The molecule has 3 aromatic rings. The van der Waals surface area contributed by atoms with Crippen LogP contribution < -0.4 is 9.64 Å². The van der Waals surface area contributed by atoms with Crippen LogP contribution in [0, 0.1) is 13.8 Å². The average Bonchev–Trinajstić information content (AvgIpc) is 2.88. The smallest absolute Gasteiger partial charge is 0.124 e. The van der Waals surface area contributed by atoms with E-state index >= 15 is 0 Å². The molecule has 124 valence electrons. The van der Waals surface area contributed by atoms with E-state index in [1.54, 1.807) is 7.11 Å². The number of ether oxygens (including phenoxy) is 1. The highest BCUT2D eigenvalue weighted by Crippen LogP contribution is 2.41. The van der Waals surface area contributed by atoms with E-state index in [-0.39, 0.29) is 0 Å². The molecule has 0 spiro atoms. The zero-order valence-electron chi connectivity index (χ0n) is 14.9. The van der Waals surface area contributed by atoms with Crippen LogP contribution in [0.25, 0.3) is 10.9 Å². The fraction of sp³-hybridized carbons (Fsp3) is 0.333. The monoisotopic (exact) mass is 320 g/mol. The summed E-state index contributed by atoms with van der Waals surface area (Å²) < 4.78 is 7.88. The molecule has 4 rings (SSSR count). The molecule has 0 unspecified atom stereocenters. The van der Waals surface area contributed by atoms with Crippen molar-refractivity contribution in [3.05, 3.63) is 53.1 Å². The van der Waals surface area contributed by atoms with E-state index in [0.717, 1.165) is 18.7 Å². The lowest BCUT2D eigenvalue weighted by atomic mass is 10.0. The largest absolute Gasteiger partial charge is 0.496 e. The van der Waals surface area contributed by atoms with Gasteiger partial charge in [0.1, 0.15) is 11.6 Å². The van der Waals surface area contributed by atoms with Gasteiger partial charge in [0.2, 0.25) is 0 Å². The first-order chi connectivity index (χ1) is 11.6. The highest BCUT2D eigenvalue weighted by molar-refractivity contribution is 5.92. The van der Waals surface area contributed by atoms with Crippen molar-refractivity contribution in [3.63, 3.8) is 0 Å². The number of aromatic nitrogens is 1. The summed E-state index contributed by atoms with van der Waals surface area (Å²) >= 11 is 0.